The lowest BCUT2D eigenvalue weighted by Gasteiger charge is -2.36. The van der Waals surface area contributed by atoms with E-state index in [2.05, 4.69) is 16.5 Å². The Morgan fingerprint density at radius 2 is 1.55 bits per heavy atom. The van der Waals surface area contributed by atoms with E-state index in [1.54, 1.807) is 18.2 Å². The van der Waals surface area contributed by atoms with Crippen LogP contribution in [0.1, 0.15) is 78.1 Å². The zero-order valence-electron chi connectivity index (χ0n) is 31.0. The Labute approximate surface area is 306 Å². The zero-order valence-corrected chi connectivity index (χ0v) is 31.0. The molecule has 6 rings (SSSR count). The second kappa shape index (κ2) is 14.4. The summed E-state index contributed by atoms with van der Waals surface area (Å²) in [4.78, 5) is 56.4. The SMILES string of the molecule is C=Cc1c(C)c2cc3nc(cc4[nH]c(cc5nc(cc1[nH]2)C(C)=C5CCC(=O)OC)c(CCC(O)O)c4C)[C@@]1(C)C3=CC=C(C(=O)OC)[C@H]1C(=O)OC. The van der Waals surface area contributed by atoms with Crippen molar-refractivity contribution in [3.05, 3.63) is 93.6 Å². The van der Waals surface area contributed by atoms with E-state index in [1.165, 1.54) is 21.3 Å². The molecule has 2 aliphatic heterocycles. The fourth-order valence-corrected chi connectivity index (χ4v) is 7.72. The van der Waals surface area contributed by atoms with Crippen LogP contribution in [-0.2, 0) is 40.4 Å². The summed E-state index contributed by atoms with van der Waals surface area (Å²) in [5.74, 6) is -2.70. The van der Waals surface area contributed by atoms with Crippen LogP contribution in [0, 0.1) is 19.8 Å². The van der Waals surface area contributed by atoms with E-state index in [0.717, 1.165) is 44.4 Å². The molecule has 0 unspecified atom stereocenters. The number of H-pyrrole nitrogens is 2. The van der Waals surface area contributed by atoms with Gasteiger partial charge in [-0.1, -0.05) is 24.8 Å². The van der Waals surface area contributed by atoms with Gasteiger partial charge in [-0.2, -0.15) is 0 Å². The average molecular weight is 721 g/mol. The maximum atomic E-state index is 13.7. The zero-order chi connectivity index (χ0) is 38.4. The van der Waals surface area contributed by atoms with Gasteiger partial charge in [0.25, 0.3) is 0 Å². The second-order valence-corrected chi connectivity index (χ2v) is 13.6. The molecule has 8 bridgehead atoms. The highest BCUT2D eigenvalue weighted by molar-refractivity contribution is 6.02. The molecule has 0 spiro atoms. The number of hydrogen-bond donors (Lipinski definition) is 4. The summed E-state index contributed by atoms with van der Waals surface area (Å²) in [6, 6.07) is 7.66. The minimum Gasteiger partial charge on any atom is -0.469 e. The predicted molar refractivity (Wildman–Crippen MR) is 202 cm³/mol. The molecule has 0 radical (unpaired) electrons. The number of nitrogens with one attached hydrogen (secondary N) is 2. The quantitative estimate of drug-likeness (QED) is 0.117. The number of aromatic nitrogens is 4. The molecule has 3 aromatic rings. The highest BCUT2D eigenvalue weighted by Gasteiger charge is 2.53. The van der Waals surface area contributed by atoms with Crippen LogP contribution >= 0.6 is 0 Å². The lowest BCUT2D eigenvalue weighted by atomic mass is 9.64. The molecule has 0 amide bonds. The Balaban J connectivity index is 1.77. The standard InChI is InChI=1S/C41H44N4O8/c1-9-23-20(2)29-17-34-27-13-10-26(39(49)52-7)38(40(50)53-8)41(27,5)35(45-34)19-30-22(4)24(11-14-36(46)47)32(44-30)18-33-25(12-15-37(48)51-6)21(3)28(43-33)16-31(23)42-29/h9-10,13,16-19,36,38,42,44,46-47H,1,11-12,14-15H2,2-8H3/t38-,41+/m0/s1. The van der Waals surface area contributed by atoms with Crippen LogP contribution in [0.4, 0.5) is 0 Å². The predicted octanol–water partition coefficient (Wildman–Crippen LogP) is 5.95. The van der Waals surface area contributed by atoms with Gasteiger partial charge < -0.3 is 34.4 Å². The molecule has 276 valence electrons. The van der Waals surface area contributed by atoms with Crippen molar-refractivity contribution < 1.29 is 38.8 Å². The molecule has 12 heteroatoms. The molecule has 0 saturated heterocycles. The Morgan fingerprint density at radius 1 is 0.868 bits per heavy atom. The summed E-state index contributed by atoms with van der Waals surface area (Å²) in [5.41, 5.74) is 10.3. The van der Waals surface area contributed by atoms with E-state index >= 15 is 0 Å². The monoisotopic (exact) mass is 720 g/mol. The summed E-state index contributed by atoms with van der Waals surface area (Å²) in [5, 5.41) is 19.7. The molecular weight excluding hydrogens is 676 g/mol. The third kappa shape index (κ3) is 6.42. The minimum atomic E-state index is -1.53. The molecule has 3 aromatic heterocycles. The molecular formula is C41H44N4O8. The maximum Gasteiger partial charge on any atom is 0.334 e. The lowest BCUT2D eigenvalue weighted by Crippen LogP contribution is -2.42. The number of rotatable bonds is 9. The number of methoxy groups -OCH3 is 3. The number of aromatic amines is 2. The second-order valence-electron chi connectivity index (χ2n) is 13.6. The average Bonchev–Trinajstić information content (AvgIpc) is 3.79. The van der Waals surface area contributed by atoms with Crippen LogP contribution < -0.4 is 0 Å². The molecule has 0 saturated carbocycles. The van der Waals surface area contributed by atoms with E-state index in [0.29, 0.717) is 52.2 Å². The van der Waals surface area contributed by atoms with Gasteiger partial charge in [-0.25, -0.2) is 9.78 Å². The first kappa shape index (κ1) is 37.2. The molecule has 1 aliphatic carbocycles. The fraction of sp³-hybridized carbons (Fsp3) is 0.341. The Hall–Kier alpha value is -5.59. The molecule has 5 heterocycles. The largest absolute Gasteiger partial charge is 0.469 e. The number of esters is 3. The number of fused-ring (bicyclic) bond motifs is 11. The van der Waals surface area contributed by atoms with Crippen LogP contribution in [0.3, 0.4) is 0 Å². The van der Waals surface area contributed by atoms with Crippen LogP contribution in [0.2, 0.25) is 0 Å². The van der Waals surface area contributed by atoms with Crippen molar-refractivity contribution >= 4 is 62.8 Å². The summed E-state index contributed by atoms with van der Waals surface area (Å²) >= 11 is 0. The van der Waals surface area contributed by atoms with Crippen molar-refractivity contribution in [2.45, 2.75) is 65.1 Å². The normalized spacial score (nSPS) is 18.0. The van der Waals surface area contributed by atoms with E-state index in [4.69, 9.17) is 24.2 Å². The van der Waals surface area contributed by atoms with Gasteiger partial charge in [0.15, 0.2) is 6.29 Å². The van der Waals surface area contributed by atoms with Crippen LogP contribution in [0.25, 0.3) is 44.9 Å². The van der Waals surface area contributed by atoms with E-state index < -0.39 is 29.6 Å². The van der Waals surface area contributed by atoms with Gasteiger partial charge in [0.1, 0.15) is 5.92 Å². The fourth-order valence-electron chi connectivity index (χ4n) is 7.72. The maximum absolute atomic E-state index is 13.7. The lowest BCUT2D eigenvalue weighted by molar-refractivity contribution is -0.149. The summed E-state index contributed by atoms with van der Waals surface area (Å²) in [7, 11) is 3.91. The van der Waals surface area contributed by atoms with Crippen molar-refractivity contribution in [2.75, 3.05) is 21.3 Å². The third-order valence-electron chi connectivity index (χ3n) is 10.8. The van der Waals surface area contributed by atoms with Crippen molar-refractivity contribution in [1.29, 1.82) is 0 Å². The molecule has 0 fully saturated rings. The number of allylic oxidation sites excluding steroid dienone is 5. The highest BCUT2D eigenvalue weighted by atomic mass is 16.5. The van der Waals surface area contributed by atoms with E-state index in [9.17, 15) is 24.6 Å². The van der Waals surface area contributed by atoms with Crippen molar-refractivity contribution in [2.24, 2.45) is 5.92 Å². The number of aliphatic hydroxyl groups is 2. The first-order valence-electron chi connectivity index (χ1n) is 17.4. The van der Waals surface area contributed by atoms with Gasteiger partial charge in [-0.15, -0.1) is 0 Å². The van der Waals surface area contributed by atoms with Crippen molar-refractivity contribution in [3.8, 4) is 0 Å². The van der Waals surface area contributed by atoms with Crippen LogP contribution in [-0.4, -0.2) is 75.7 Å². The van der Waals surface area contributed by atoms with Gasteiger partial charge in [0, 0.05) is 40.5 Å². The van der Waals surface area contributed by atoms with Crippen molar-refractivity contribution in [3.63, 3.8) is 0 Å². The number of hydrogen-bond acceptors (Lipinski definition) is 10. The molecule has 53 heavy (non-hydrogen) atoms. The van der Waals surface area contributed by atoms with Gasteiger partial charge >= 0.3 is 17.9 Å². The Kier molecular flexibility index (Phi) is 10.1. The highest BCUT2D eigenvalue weighted by Crippen LogP contribution is 2.52. The Morgan fingerprint density at radius 3 is 2.21 bits per heavy atom. The number of nitrogens with zero attached hydrogens (tertiary/aromatic N) is 2. The van der Waals surface area contributed by atoms with Gasteiger partial charge in [-0.3, -0.25) is 14.6 Å². The number of aliphatic hydroxyl groups excluding tert-OH is 1. The summed E-state index contributed by atoms with van der Waals surface area (Å²) in [6.07, 6.45) is 4.60. The number of carbonyl (C=O) groups is 3. The third-order valence-corrected chi connectivity index (χ3v) is 10.8. The number of aryl methyl sites for hydroxylation is 3. The number of carbonyl (C=O) groups excluding carboxylic acids is 3. The molecule has 3 aliphatic rings. The first-order chi connectivity index (χ1) is 25.3. The number of ether oxygens (including phenoxy) is 3. The Bertz CT molecular complexity index is 2320. The van der Waals surface area contributed by atoms with Crippen molar-refractivity contribution in [1.82, 2.24) is 19.9 Å². The first-order valence-corrected chi connectivity index (χ1v) is 17.4. The molecule has 2 atom stereocenters. The van der Waals surface area contributed by atoms with Gasteiger partial charge in [-0.05, 0) is 98.2 Å². The van der Waals surface area contributed by atoms with Crippen LogP contribution in [0.15, 0.2) is 48.6 Å². The van der Waals surface area contributed by atoms with Gasteiger partial charge in [0.05, 0.1) is 55.1 Å². The topological polar surface area (TPSA) is 177 Å². The molecule has 4 N–H and O–H groups in total. The minimum absolute atomic E-state index is 0.0788. The molecule has 0 aromatic carbocycles. The summed E-state index contributed by atoms with van der Waals surface area (Å²) < 4.78 is 15.4. The van der Waals surface area contributed by atoms with Crippen LogP contribution in [0.5, 0.6) is 0 Å². The smallest absolute Gasteiger partial charge is 0.334 e. The molecule has 12 nitrogen and oxygen atoms in total. The summed E-state index contributed by atoms with van der Waals surface area (Å²) in [6.45, 7) is 11.8. The van der Waals surface area contributed by atoms with E-state index in [-0.39, 0.29) is 24.4 Å². The van der Waals surface area contributed by atoms with Gasteiger partial charge in [0.2, 0.25) is 0 Å². The van der Waals surface area contributed by atoms with E-state index in [1.807, 2.05) is 52.0 Å².